The summed E-state index contributed by atoms with van der Waals surface area (Å²) in [5.74, 6) is 0. The van der Waals surface area contributed by atoms with Gasteiger partial charge in [0.2, 0.25) is 0 Å². The van der Waals surface area contributed by atoms with Crippen molar-refractivity contribution in [2.75, 3.05) is 20.1 Å². The summed E-state index contributed by atoms with van der Waals surface area (Å²) in [7, 11) is 2.19. The fraction of sp³-hybridized carbons (Fsp3) is 0.412. The van der Waals surface area contributed by atoms with Crippen LogP contribution in [0, 0.1) is 0 Å². The summed E-state index contributed by atoms with van der Waals surface area (Å²) >= 11 is 1.77. The largest absolute Gasteiger partial charge is 0.310 e. The van der Waals surface area contributed by atoms with Crippen LogP contribution in [0.2, 0.25) is 0 Å². The first kappa shape index (κ1) is 15.2. The van der Waals surface area contributed by atoms with Crippen LogP contribution in [0.25, 0.3) is 0 Å². The molecule has 1 N–H and O–H groups in total. The van der Waals surface area contributed by atoms with Crippen LogP contribution in [-0.2, 0) is 6.54 Å². The predicted octanol–water partition coefficient (Wildman–Crippen LogP) is 3.92. The first-order chi connectivity index (χ1) is 9.75. The monoisotopic (exact) mass is 288 g/mol. The quantitative estimate of drug-likeness (QED) is 0.741. The molecule has 2 aromatic rings. The standard InChI is InChI=1S/C17H24N2S/c1-15(17-9-12-20-14-17)18-10-6-11-19(2)13-16-7-4-3-5-8-16/h3-5,7-9,12,14-15,18H,6,10-11,13H2,1-2H3. The van der Waals surface area contributed by atoms with Gasteiger partial charge in [-0.15, -0.1) is 0 Å². The molecule has 0 bridgehead atoms. The summed E-state index contributed by atoms with van der Waals surface area (Å²) in [4.78, 5) is 2.38. The summed E-state index contributed by atoms with van der Waals surface area (Å²) in [6.07, 6.45) is 1.18. The molecule has 0 radical (unpaired) electrons. The zero-order valence-electron chi connectivity index (χ0n) is 12.4. The van der Waals surface area contributed by atoms with Gasteiger partial charge < -0.3 is 10.2 Å². The topological polar surface area (TPSA) is 15.3 Å². The molecule has 0 saturated heterocycles. The molecular weight excluding hydrogens is 264 g/mol. The lowest BCUT2D eigenvalue weighted by molar-refractivity contribution is 0.317. The highest BCUT2D eigenvalue weighted by Crippen LogP contribution is 2.15. The van der Waals surface area contributed by atoms with Crippen LogP contribution in [0.5, 0.6) is 0 Å². The van der Waals surface area contributed by atoms with Crippen LogP contribution in [0.1, 0.15) is 30.5 Å². The molecule has 0 fully saturated rings. The fourth-order valence-corrected chi connectivity index (χ4v) is 3.04. The molecule has 2 rings (SSSR count). The van der Waals surface area contributed by atoms with Crippen LogP contribution in [-0.4, -0.2) is 25.0 Å². The van der Waals surface area contributed by atoms with Crippen molar-refractivity contribution in [1.29, 1.82) is 0 Å². The normalized spacial score (nSPS) is 12.8. The van der Waals surface area contributed by atoms with E-state index in [-0.39, 0.29) is 0 Å². The molecule has 0 aliphatic heterocycles. The van der Waals surface area contributed by atoms with Crippen LogP contribution in [0.4, 0.5) is 0 Å². The van der Waals surface area contributed by atoms with Gasteiger partial charge in [-0.05, 0) is 61.4 Å². The van der Waals surface area contributed by atoms with E-state index in [4.69, 9.17) is 0 Å². The molecule has 1 unspecified atom stereocenters. The van der Waals surface area contributed by atoms with Crippen LogP contribution >= 0.6 is 11.3 Å². The van der Waals surface area contributed by atoms with E-state index in [1.54, 1.807) is 11.3 Å². The van der Waals surface area contributed by atoms with E-state index in [0.717, 1.165) is 19.6 Å². The molecule has 1 atom stereocenters. The third-order valence-electron chi connectivity index (χ3n) is 3.51. The zero-order chi connectivity index (χ0) is 14.2. The molecule has 1 aromatic heterocycles. The Hall–Kier alpha value is -1.16. The lowest BCUT2D eigenvalue weighted by Crippen LogP contribution is -2.25. The number of nitrogens with zero attached hydrogens (tertiary/aromatic N) is 1. The average molecular weight is 288 g/mol. The molecule has 3 heteroatoms. The minimum atomic E-state index is 0.459. The molecule has 1 heterocycles. The maximum absolute atomic E-state index is 3.58. The Morgan fingerprint density at radius 3 is 2.70 bits per heavy atom. The summed E-state index contributed by atoms with van der Waals surface area (Å²) in [6, 6.07) is 13.3. The predicted molar refractivity (Wildman–Crippen MR) is 88.1 cm³/mol. The fourth-order valence-electron chi connectivity index (χ4n) is 2.28. The number of nitrogens with one attached hydrogen (secondary N) is 1. The van der Waals surface area contributed by atoms with E-state index in [0.29, 0.717) is 6.04 Å². The van der Waals surface area contributed by atoms with E-state index in [2.05, 4.69) is 71.3 Å². The Balaban J connectivity index is 1.61. The Morgan fingerprint density at radius 2 is 2.00 bits per heavy atom. The molecule has 1 aromatic carbocycles. The van der Waals surface area contributed by atoms with Gasteiger partial charge in [0.05, 0.1) is 0 Å². The van der Waals surface area contributed by atoms with Crippen LogP contribution < -0.4 is 5.32 Å². The lowest BCUT2D eigenvalue weighted by atomic mass is 10.2. The van der Waals surface area contributed by atoms with E-state index >= 15 is 0 Å². The van der Waals surface area contributed by atoms with Crippen molar-refractivity contribution in [3.63, 3.8) is 0 Å². The summed E-state index contributed by atoms with van der Waals surface area (Å²) in [5.41, 5.74) is 2.78. The maximum atomic E-state index is 3.58. The van der Waals surface area contributed by atoms with Crippen molar-refractivity contribution in [2.24, 2.45) is 0 Å². The Kier molecular flexibility index (Phi) is 6.25. The number of thiophene rings is 1. The highest BCUT2D eigenvalue weighted by Gasteiger charge is 2.05. The van der Waals surface area contributed by atoms with Crippen molar-refractivity contribution in [3.8, 4) is 0 Å². The van der Waals surface area contributed by atoms with Crippen molar-refractivity contribution in [1.82, 2.24) is 10.2 Å². The van der Waals surface area contributed by atoms with Crippen molar-refractivity contribution >= 4 is 11.3 Å². The van der Waals surface area contributed by atoms with Gasteiger partial charge in [-0.3, -0.25) is 0 Å². The van der Waals surface area contributed by atoms with Gasteiger partial charge in [0.1, 0.15) is 0 Å². The van der Waals surface area contributed by atoms with Gasteiger partial charge in [-0.2, -0.15) is 11.3 Å². The molecule has 2 nitrogen and oxygen atoms in total. The first-order valence-electron chi connectivity index (χ1n) is 7.23. The van der Waals surface area contributed by atoms with E-state index in [9.17, 15) is 0 Å². The minimum absolute atomic E-state index is 0.459. The highest BCUT2D eigenvalue weighted by atomic mass is 32.1. The molecule has 20 heavy (non-hydrogen) atoms. The lowest BCUT2D eigenvalue weighted by Gasteiger charge is -2.18. The number of hydrogen-bond donors (Lipinski definition) is 1. The van der Waals surface area contributed by atoms with Gasteiger partial charge in [0.25, 0.3) is 0 Å². The summed E-state index contributed by atoms with van der Waals surface area (Å²) in [5, 5.41) is 7.95. The Labute approximate surface area is 126 Å². The van der Waals surface area contributed by atoms with Crippen molar-refractivity contribution in [3.05, 3.63) is 58.3 Å². The molecule has 0 aliphatic rings. The zero-order valence-corrected chi connectivity index (χ0v) is 13.2. The van der Waals surface area contributed by atoms with Gasteiger partial charge in [0, 0.05) is 12.6 Å². The smallest absolute Gasteiger partial charge is 0.0300 e. The van der Waals surface area contributed by atoms with Crippen molar-refractivity contribution < 1.29 is 0 Å². The number of hydrogen-bond acceptors (Lipinski definition) is 3. The Morgan fingerprint density at radius 1 is 1.20 bits per heavy atom. The number of rotatable bonds is 8. The van der Waals surface area contributed by atoms with E-state index in [1.165, 1.54) is 17.5 Å². The first-order valence-corrected chi connectivity index (χ1v) is 8.18. The molecule has 0 aliphatic carbocycles. The van der Waals surface area contributed by atoms with Gasteiger partial charge in [-0.25, -0.2) is 0 Å². The molecule has 0 spiro atoms. The van der Waals surface area contributed by atoms with Crippen LogP contribution in [0.15, 0.2) is 47.2 Å². The second-order valence-electron chi connectivity index (χ2n) is 5.31. The summed E-state index contributed by atoms with van der Waals surface area (Å²) in [6.45, 7) is 5.45. The summed E-state index contributed by atoms with van der Waals surface area (Å²) < 4.78 is 0. The molecule has 0 amide bonds. The third kappa shape index (κ3) is 5.08. The van der Waals surface area contributed by atoms with Crippen LogP contribution in [0.3, 0.4) is 0 Å². The molecule has 0 saturated carbocycles. The Bertz CT molecular complexity index is 467. The van der Waals surface area contributed by atoms with E-state index in [1.807, 2.05) is 0 Å². The SMILES string of the molecule is CC(NCCCN(C)Cc1ccccc1)c1ccsc1. The molecule has 108 valence electrons. The minimum Gasteiger partial charge on any atom is -0.310 e. The van der Waals surface area contributed by atoms with Gasteiger partial charge in [-0.1, -0.05) is 30.3 Å². The second-order valence-corrected chi connectivity index (χ2v) is 6.09. The highest BCUT2D eigenvalue weighted by molar-refractivity contribution is 7.07. The second kappa shape index (κ2) is 8.20. The average Bonchev–Trinajstić information content (AvgIpc) is 2.99. The van der Waals surface area contributed by atoms with Crippen molar-refractivity contribution in [2.45, 2.75) is 25.9 Å². The van der Waals surface area contributed by atoms with Gasteiger partial charge in [0.15, 0.2) is 0 Å². The molecular formula is C17H24N2S. The maximum Gasteiger partial charge on any atom is 0.0300 e. The number of benzene rings is 1. The third-order valence-corrected chi connectivity index (χ3v) is 4.21. The van der Waals surface area contributed by atoms with E-state index < -0.39 is 0 Å². The van der Waals surface area contributed by atoms with Gasteiger partial charge >= 0.3 is 0 Å².